The van der Waals surface area contributed by atoms with Crippen LogP contribution in [0.2, 0.25) is 0 Å². The van der Waals surface area contributed by atoms with E-state index in [0.29, 0.717) is 11.5 Å². The maximum Gasteiger partial charge on any atom is 0.303 e. The minimum atomic E-state index is -1.64. The number of carbonyl (C=O) groups is 5. The van der Waals surface area contributed by atoms with E-state index in [4.69, 9.17) is 52.1 Å². The lowest BCUT2D eigenvalue weighted by atomic mass is 9.93. The van der Waals surface area contributed by atoms with Crippen LogP contribution in [0.25, 0.3) is 10.8 Å². The fourth-order valence-corrected chi connectivity index (χ4v) is 9.49. The second-order valence-corrected chi connectivity index (χ2v) is 18.2. The van der Waals surface area contributed by atoms with E-state index in [2.05, 4.69) is 0 Å². The van der Waals surface area contributed by atoms with Crippen molar-refractivity contribution in [3.05, 3.63) is 179 Å². The van der Waals surface area contributed by atoms with Gasteiger partial charge in [-0.2, -0.15) is 0 Å². The first-order valence-electron chi connectivity index (χ1n) is 24.5. The maximum atomic E-state index is 14.8. The van der Waals surface area contributed by atoms with Gasteiger partial charge < -0.3 is 52.1 Å². The van der Waals surface area contributed by atoms with Crippen LogP contribution in [-0.4, -0.2) is 116 Å². The first kappa shape index (κ1) is 52.4. The Hall–Kier alpha value is -7.51. The van der Waals surface area contributed by atoms with Crippen LogP contribution in [0.1, 0.15) is 58.2 Å². The maximum absolute atomic E-state index is 14.8. The largest absolute Gasteiger partial charge is 0.497 e. The van der Waals surface area contributed by atoms with Crippen molar-refractivity contribution >= 4 is 40.5 Å². The predicted octanol–water partition coefficient (Wildman–Crippen LogP) is 7.54. The highest BCUT2D eigenvalue weighted by Crippen LogP contribution is 2.40. The number of carbonyl (C=O) groups excluding carboxylic acids is 5. The lowest BCUT2D eigenvalue weighted by Crippen LogP contribution is -2.70. The fourth-order valence-electron chi connectivity index (χ4n) is 9.49. The summed E-state index contributed by atoms with van der Waals surface area (Å²) in [7, 11) is 1.53. The second kappa shape index (κ2) is 24.2. The molecular weight excluding hydrogens is 967 g/mol. The molecule has 6 aromatic rings. The topological polar surface area (TPSA) is 190 Å². The van der Waals surface area contributed by atoms with E-state index >= 15 is 0 Å². The highest BCUT2D eigenvalue weighted by Gasteiger charge is 2.59. The molecule has 0 spiro atoms. The number of rotatable bonds is 20. The van der Waals surface area contributed by atoms with Gasteiger partial charge in [0.05, 0.1) is 44.7 Å². The van der Waals surface area contributed by atoms with Crippen LogP contribution in [0.3, 0.4) is 0 Å². The van der Waals surface area contributed by atoms with Crippen LogP contribution < -0.4 is 9.47 Å². The fraction of sp³-hybridized carbons (Fsp3) is 0.328. The third-order valence-corrected chi connectivity index (χ3v) is 12.9. The number of hydrogen-bond acceptors (Lipinski definition) is 16. The van der Waals surface area contributed by atoms with Gasteiger partial charge in [-0.1, -0.05) is 109 Å². The average molecular weight is 1020 g/mol. The van der Waals surface area contributed by atoms with Crippen molar-refractivity contribution in [2.75, 3.05) is 20.3 Å². The third kappa shape index (κ3) is 12.5. The molecule has 390 valence electrons. The highest BCUT2D eigenvalue weighted by atomic mass is 16.8. The molecule has 0 radical (unpaired) electrons. The number of nitrogens with zero attached hydrogens (tertiary/aromatic N) is 1. The zero-order valence-electron chi connectivity index (χ0n) is 41.7. The molecule has 2 saturated heterocycles. The summed E-state index contributed by atoms with van der Waals surface area (Å²) in [6, 6.07) is 44.0. The van der Waals surface area contributed by atoms with Gasteiger partial charge in [0.1, 0.15) is 54.7 Å². The summed E-state index contributed by atoms with van der Waals surface area (Å²) in [5.41, 5.74) is 2.61. The van der Waals surface area contributed by atoms with Gasteiger partial charge in [-0.15, -0.1) is 0 Å². The summed E-state index contributed by atoms with van der Waals surface area (Å²) in [5, 5.41) is 1.93. The molecule has 9 rings (SSSR count). The smallest absolute Gasteiger partial charge is 0.303 e. The molecule has 3 heterocycles. The third-order valence-electron chi connectivity index (χ3n) is 12.9. The van der Waals surface area contributed by atoms with E-state index in [1.54, 1.807) is 48.5 Å². The molecule has 0 N–H and O–H groups in total. The summed E-state index contributed by atoms with van der Waals surface area (Å²) >= 11 is 0. The molecular formula is C58H57NO16. The minimum absolute atomic E-state index is 0.0715. The SMILES string of the molecule is COc1ccc(O[C@@H]2O[C@H](COCc3ccccc3)[C@@H](O[C@@H]3O[C@H](COC(C)=O)[C@@H](OC(C)=O)[C@H](OCc4ccc5ccccc5c4)[C@H]3OC(C)=O)[C@H](OCc3ccccc3)[C@H]2N2C(=O)c3ccccc3C2=O)cc1. The normalized spacial score (nSPS) is 24.3. The Morgan fingerprint density at radius 3 is 1.69 bits per heavy atom. The Morgan fingerprint density at radius 1 is 0.507 bits per heavy atom. The van der Waals surface area contributed by atoms with E-state index in [9.17, 15) is 24.0 Å². The predicted molar refractivity (Wildman–Crippen MR) is 268 cm³/mol. The van der Waals surface area contributed by atoms with Crippen LogP contribution in [0.15, 0.2) is 152 Å². The summed E-state index contributed by atoms with van der Waals surface area (Å²) in [4.78, 5) is 69.3. The van der Waals surface area contributed by atoms with E-state index < -0.39 is 97.7 Å². The van der Waals surface area contributed by atoms with Crippen molar-refractivity contribution in [2.45, 2.75) is 102 Å². The lowest BCUT2D eigenvalue weighted by Gasteiger charge is -2.50. The summed E-state index contributed by atoms with van der Waals surface area (Å²) < 4.78 is 70.4. The lowest BCUT2D eigenvalue weighted by molar-refractivity contribution is -0.354. The molecule has 3 aliphatic heterocycles. The van der Waals surface area contributed by atoms with Crippen LogP contribution >= 0.6 is 0 Å². The van der Waals surface area contributed by atoms with Gasteiger partial charge in [-0.05, 0) is 69.9 Å². The van der Waals surface area contributed by atoms with Crippen molar-refractivity contribution in [2.24, 2.45) is 0 Å². The summed E-state index contributed by atoms with van der Waals surface area (Å²) in [6.45, 7) is 2.94. The Morgan fingerprint density at radius 2 is 1.05 bits per heavy atom. The Kier molecular flexibility index (Phi) is 16.9. The first-order chi connectivity index (χ1) is 36.4. The van der Waals surface area contributed by atoms with E-state index in [0.717, 1.165) is 32.4 Å². The summed E-state index contributed by atoms with van der Waals surface area (Å²) in [6.07, 6.45) is -12.4. The van der Waals surface area contributed by atoms with Gasteiger partial charge in [0, 0.05) is 20.8 Å². The minimum Gasteiger partial charge on any atom is -0.497 e. The van der Waals surface area contributed by atoms with Crippen molar-refractivity contribution in [3.8, 4) is 11.5 Å². The van der Waals surface area contributed by atoms with Crippen LogP contribution in [0.4, 0.5) is 0 Å². The summed E-state index contributed by atoms with van der Waals surface area (Å²) in [5.74, 6) is -2.59. The van der Waals surface area contributed by atoms with Crippen LogP contribution in [-0.2, 0) is 76.8 Å². The van der Waals surface area contributed by atoms with E-state index in [1.165, 1.54) is 27.9 Å². The molecule has 0 aromatic heterocycles. The number of ether oxygens (including phenoxy) is 11. The molecule has 17 nitrogen and oxygen atoms in total. The molecule has 10 atom stereocenters. The van der Waals surface area contributed by atoms with E-state index in [-0.39, 0.29) is 37.6 Å². The monoisotopic (exact) mass is 1020 g/mol. The van der Waals surface area contributed by atoms with Crippen molar-refractivity contribution in [3.63, 3.8) is 0 Å². The number of fused-ring (bicyclic) bond motifs is 2. The van der Waals surface area contributed by atoms with Gasteiger partial charge in [0.25, 0.3) is 11.8 Å². The van der Waals surface area contributed by atoms with Crippen molar-refractivity contribution < 1.29 is 76.1 Å². The molecule has 0 bridgehead atoms. The number of methoxy groups -OCH3 is 1. The van der Waals surface area contributed by atoms with E-state index in [1.807, 2.05) is 103 Å². The first-order valence-corrected chi connectivity index (χ1v) is 24.5. The number of benzene rings is 6. The number of imide groups is 1. The van der Waals surface area contributed by atoms with Crippen LogP contribution in [0, 0.1) is 0 Å². The molecule has 2 amide bonds. The molecule has 0 saturated carbocycles. The average Bonchev–Trinajstić information content (AvgIpc) is 3.66. The van der Waals surface area contributed by atoms with Gasteiger partial charge >= 0.3 is 17.9 Å². The molecule has 75 heavy (non-hydrogen) atoms. The van der Waals surface area contributed by atoms with Gasteiger partial charge in [-0.3, -0.25) is 28.9 Å². The number of esters is 3. The Balaban J connectivity index is 1.16. The highest BCUT2D eigenvalue weighted by molar-refractivity contribution is 6.21. The zero-order valence-corrected chi connectivity index (χ0v) is 41.7. The molecule has 0 aliphatic carbocycles. The molecule has 3 aliphatic rings. The number of amides is 2. The van der Waals surface area contributed by atoms with Crippen molar-refractivity contribution in [1.82, 2.24) is 4.90 Å². The van der Waals surface area contributed by atoms with Gasteiger partial charge in [0.15, 0.2) is 18.5 Å². The number of hydrogen-bond donors (Lipinski definition) is 0. The van der Waals surface area contributed by atoms with Gasteiger partial charge in [-0.25, -0.2) is 0 Å². The molecule has 6 aromatic carbocycles. The second-order valence-electron chi connectivity index (χ2n) is 18.2. The van der Waals surface area contributed by atoms with Crippen molar-refractivity contribution in [1.29, 1.82) is 0 Å². The zero-order chi connectivity index (χ0) is 52.4. The quantitative estimate of drug-likeness (QED) is 0.0414. The molecule has 17 heteroatoms. The van der Waals surface area contributed by atoms with Gasteiger partial charge in [0.2, 0.25) is 6.29 Å². The molecule has 0 unspecified atom stereocenters. The Bertz CT molecular complexity index is 2900. The Labute approximate surface area is 433 Å². The molecule has 2 fully saturated rings. The van der Waals surface area contributed by atoms with Crippen LogP contribution in [0.5, 0.6) is 11.5 Å². The standard InChI is InChI=1S/C58H57NO16/c1-35(60)67-34-48-51(70-36(2)61)53(69-32-40-23-24-41-19-11-12-20-42(41)29-40)54(71-37(3)62)58(74-48)75-50-47(33-66-30-38-15-7-5-8-16-38)73-57(72-44-27-25-43(65-4)26-28-44)49(52(50)68-31-39-17-9-6-10-18-39)59-55(63)45-21-13-14-22-46(45)56(59)64/h5-29,47-54,57-58H,30-34H2,1-4H3/t47-,48-,49-,50-,51-,52-,53+,54-,57-,58+/m1/s1.